The molecule has 52 heavy (non-hydrogen) atoms. The Morgan fingerprint density at radius 1 is 0.327 bits per heavy atom. The number of fused-ring (bicyclic) bond motifs is 5. The highest BCUT2D eigenvalue weighted by Gasteiger charge is 2.19. The number of thiophene rings is 1. The average Bonchev–Trinajstić information content (AvgIpc) is 3.61. The number of anilines is 3. The Morgan fingerprint density at radius 2 is 0.962 bits per heavy atom. The highest BCUT2D eigenvalue weighted by atomic mass is 32.1. The summed E-state index contributed by atoms with van der Waals surface area (Å²) in [6.45, 7) is 0. The van der Waals surface area contributed by atoms with Crippen LogP contribution in [0.2, 0.25) is 0 Å². The van der Waals surface area contributed by atoms with Crippen molar-refractivity contribution in [1.29, 1.82) is 0 Å². The third kappa shape index (κ3) is 5.33. The summed E-state index contributed by atoms with van der Waals surface area (Å²) < 4.78 is 2.59. The molecule has 0 saturated carbocycles. The maximum atomic E-state index is 2.43. The van der Waals surface area contributed by atoms with Gasteiger partial charge in [-0.3, -0.25) is 0 Å². The molecule has 1 heterocycles. The highest BCUT2D eigenvalue weighted by molar-refractivity contribution is 7.26. The molecular weight excluding hydrogens is 647 g/mol. The monoisotopic (exact) mass is 679 g/mol. The van der Waals surface area contributed by atoms with Crippen LogP contribution in [0.5, 0.6) is 0 Å². The van der Waals surface area contributed by atoms with E-state index in [2.05, 4.69) is 205 Å². The Kier molecular flexibility index (Phi) is 7.41. The van der Waals surface area contributed by atoms with E-state index >= 15 is 0 Å². The Bertz CT molecular complexity index is 2900. The van der Waals surface area contributed by atoms with Crippen LogP contribution in [-0.2, 0) is 0 Å². The van der Waals surface area contributed by atoms with Gasteiger partial charge in [0.15, 0.2) is 0 Å². The van der Waals surface area contributed by atoms with Crippen LogP contribution in [0, 0.1) is 0 Å². The summed E-state index contributed by atoms with van der Waals surface area (Å²) in [5.74, 6) is 0. The van der Waals surface area contributed by atoms with E-state index in [1.165, 1.54) is 80.8 Å². The predicted molar refractivity (Wildman–Crippen MR) is 225 cm³/mol. The summed E-state index contributed by atoms with van der Waals surface area (Å²) in [6, 6.07) is 73.0. The third-order valence-electron chi connectivity index (χ3n) is 10.2. The van der Waals surface area contributed by atoms with Crippen molar-refractivity contribution in [3.05, 3.63) is 200 Å². The average molecular weight is 680 g/mol. The van der Waals surface area contributed by atoms with E-state index in [1.807, 2.05) is 11.3 Å². The van der Waals surface area contributed by atoms with Gasteiger partial charge in [0.05, 0.1) is 10.4 Å². The number of rotatable bonds is 6. The fourth-order valence-electron chi connectivity index (χ4n) is 7.65. The van der Waals surface area contributed by atoms with Crippen molar-refractivity contribution in [2.75, 3.05) is 4.90 Å². The molecule has 1 nitrogen and oxygen atoms in total. The van der Waals surface area contributed by atoms with Crippen molar-refractivity contribution in [1.82, 2.24) is 0 Å². The van der Waals surface area contributed by atoms with Gasteiger partial charge in [-0.05, 0) is 103 Å². The number of hydrogen-bond donors (Lipinski definition) is 0. The number of benzene rings is 9. The fourth-order valence-corrected chi connectivity index (χ4v) is 8.86. The van der Waals surface area contributed by atoms with Crippen LogP contribution >= 0.6 is 11.3 Å². The van der Waals surface area contributed by atoms with Crippen LogP contribution in [0.25, 0.3) is 75.1 Å². The third-order valence-corrected chi connectivity index (χ3v) is 11.4. The summed E-state index contributed by atoms with van der Waals surface area (Å²) in [6.07, 6.45) is 0. The first-order valence-corrected chi connectivity index (χ1v) is 18.6. The van der Waals surface area contributed by atoms with Crippen molar-refractivity contribution in [3.8, 4) is 33.4 Å². The Balaban J connectivity index is 1.11. The van der Waals surface area contributed by atoms with E-state index in [1.54, 1.807) is 0 Å². The van der Waals surface area contributed by atoms with E-state index in [-0.39, 0.29) is 0 Å². The van der Waals surface area contributed by atoms with Gasteiger partial charge in [0, 0.05) is 26.8 Å². The van der Waals surface area contributed by atoms with Crippen molar-refractivity contribution >= 4 is 70.1 Å². The van der Waals surface area contributed by atoms with Crippen molar-refractivity contribution in [3.63, 3.8) is 0 Å². The molecule has 0 saturated heterocycles. The largest absolute Gasteiger partial charge is 0.309 e. The number of nitrogens with zero attached hydrogens (tertiary/aromatic N) is 1. The molecule has 0 atom stereocenters. The van der Waals surface area contributed by atoms with E-state index < -0.39 is 0 Å². The fraction of sp³-hybridized carbons (Fsp3) is 0. The molecule has 0 bridgehead atoms. The summed E-state index contributed by atoms with van der Waals surface area (Å²) in [4.78, 5) is 2.43. The lowest BCUT2D eigenvalue weighted by Gasteiger charge is -2.27. The van der Waals surface area contributed by atoms with Gasteiger partial charge < -0.3 is 4.90 Å². The standard InChI is InChI=1S/C50H33NS/c1-2-12-36(13-3-1)44-19-9-15-37-24-26-41(33-47(37)44)35-27-29-42(30-28-35)51(48-21-10-20-46-45-18-6-7-22-49(45)52-50(46)48)43-17-8-16-39(32-43)40-25-23-34-11-4-5-14-38(34)31-40/h1-33H. The molecule has 0 unspecified atom stereocenters. The first-order chi connectivity index (χ1) is 25.8. The molecule has 0 aliphatic rings. The van der Waals surface area contributed by atoms with Crippen LogP contribution in [0.15, 0.2) is 200 Å². The zero-order valence-corrected chi connectivity index (χ0v) is 29.2. The second kappa shape index (κ2) is 12.7. The summed E-state index contributed by atoms with van der Waals surface area (Å²) in [7, 11) is 0. The molecule has 2 heteroatoms. The minimum atomic E-state index is 1.12. The van der Waals surface area contributed by atoms with Crippen LogP contribution in [0.1, 0.15) is 0 Å². The molecule has 0 amide bonds. The maximum Gasteiger partial charge on any atom is 0.0640 e. The van der Waals surface area contributed by atoms with Crippen molar-refractivity contribution < 1.29 is 0 Å². The van der Waals surface area contributed by atoms with E-state index in [0.29, 0.717) is 0 Å². The molecule has 0 N–H and O–H groups in total. The normalized spacial score (nSPS) is 11.5. The van der Waals surface area contributed by atoms with Gasteiger partial charge in [0.1, 0.15) is 0 Å². The van der Waals surface area contributed by atoms with Crippen molar-refractivity contribution in [2.45, 2.75) is 0 Å². The maximum absolute atomic E-state index is 2.43. The van der Waals surface area contributed by atoms with Crippen LogP contribution in [0.4, 0.5) is 17.1 Å². The van der Waals surface area contributed by atoms with E-state index in [9.17, 15) is 0 Å². The topological polar surface area (TPSA) is 3.24 Å². The van der Waals surface area contributed by atoms with Gasteiger partial charge >= 0.3 is 0 Å². The summed E-state index contributed by atoms with van der Waals surface area (Å²) in [5.41, 5.74) is 10.7. The predicted octanol–water partition coefficient (Wildman–Crippen LogP) is 14.8. The zero-order valence-electron chi connectivity index (χ0n) is 28.4. The molecule has 1 aromatic heterocycles. The quantitative estimate of drug-likeness (QED) is 0.169. The number of hydrogen-bond acceptors (Lipinski definition) is 2. The van der Waals surface area contributed by atoms with E-state index in [4.69, 9.17) is 0 Å². The molecule has 10 aromatic rings. The summed E-state index contributed by atoms with van der Waals surface area (Å²) >= 11 is 1.87. The first kappa shape index (κ1) is 30.4. The molecule has 0 aliphatic heterocycles. The van der Waals surface area contributed by atoms with Crippen LogP contribution in [-0.4, -0.2) is 0 Å². The highest BCUT2D eigenvalue weighted by Crippen LogP contribution is 2.45. The van der Waals surface area contributed by atoms with Crippen molar-refractivity contribution in [2.24, 2.45) is 0 Å². The lowest BCUT2D eigenvalue weighted by atomic mass is 9.95. The molecule has 9 aromatic carbocycles. The summed E-state index contributed by atoms with van der Waals surface area (Å²) in [5, 5.41) is 7.60. The van der Waals surface area contributed by atoms with Gasteiger partial charge in [0.25, 0.3) is 0 Å². The van der Waals surface area contributed by atoms with Crippen LogP contribution in [0.3, 0.4) is 0 Å². The SMILES string of the molecule is c1ccc(-c2cccc3ccc(-c4ccc(N(c5cccc(-c6ccc7ccccc7c6)c5)c5cccc6c5sc5ccccc56)cc4)cc23)cc1. The first-order valence-electron chi connectivity index (χ1n) is 17.8. The second-order valence-corrected chi connectivity index (χ2v) is 14.4. The molecular formula is C50H33NS. The molecule has 0 aliphatic carbocycles. The Morgan fingerprint density at radius 3 is 1.85 bits per heavy atom. The molecule has 0 fully saturated rings. The van der Waals surface area contributed by atoms with Gasteiger partial charge in [0.2, 0.25) is 0 Å². The van der Waals surface area contributed by atoms with E-state index in [0.717, 1.165) is 11.4 Å². The Labute approximate surface area is 307 Å². The molecule has 10 rings (SSSR count). The molecule has 244 valence electrons. The minimum absolute atomic E-state index is 1.12. The zero-order chi connectivity index (χ0) is 34.4. The minimum Gasteiger partial charge on any atom is -0.309 e. The lowest BCUT2D eigenvalue weighted by Crippen LogP contribution is -2.10. The Hall–Kier alpha value is -6.48. The molecule has 0 spiro atoms. The molecule has 0 radical (unpaired) electrons. The van der Waals surface area contributed by atoms with Gasteiger partial charge in [-0.1, -0.05) is 152 Å². The van der Waals surface area contributed by atoms with Gasteiger partial charge in [-0.2, -0.15) is 0 Å². The van der Waals surface area contributed by atoms with Crippen LogP contribution < -0.4 is 4.90 Å². The van der Waals surface area contributed by atoms with Gasteiger partial charge in [-0.15, -0.1) is 11.3 Å². The second-order valence-electron chi connectivity index (χ2n) is 13.4. The van der Waals surface area contributed by atoms with Gasteiger partial charge in [-0.25, -0.2) is 0 Å². The lowest BCUT2D eigenvalue weighted by molar-refractivity contribution is 1.30. The smallest absolute Gasteiger partial charge is 0.0640 e.